The molecule has 9 nitrogen and oxygen atoms in total. The molecule has 0 radical (unpaired) electrons. The standard InChI is InChI=1S/C46H90NO8P/c1-3-5-7-9-11-13-15-17-19-21-22-23-24-26-28-30-32-34-36-38-45(49)47-40-41-54-56(51,52)55-43-44(48)42-53-46(50)39-37-35-33-31-29-27-25-20-18-16-14-12-10-8-6-4-2/h17,19,44,48H,3-16,18,20-43H2,1-2H3,(H,47,49)(H,51,52)/b19-17+. The van der Waals surface area contributed by atoms with Crippen LogP contribution in [-0.2, 0) is 27.9 Å². The first kappa shape index (κ1) is 54.8. The maximum absolute atomic E-state index is 12.1. The van der Waals surface area contributed by atoms with Crippen LogP contribution in [0.3, 0.4) is 0 Å². The van der Waals surface area contributed by atoms with Crippen molar-refractivity contribution in [1.29, 1.82) is 0 Å². The summed E-state index contributed by atoms with van der Waals surface area (Å²) in [7, 11) is -4.41. The molecule has 2 unspecified atom stereocenters. The molecule has 0 heterocycles. The molecule has 0 aromatic rings. The lowest BCUT2D eigenvalue weighted by molar-refractivity contribution is -0.147. The van der Waals surface area contributed by atoms with Crippen LogP contribution in [0.1, 0.15) is 239 Å². The molecule has 0 aliphatic heterocycles. The average molecular weight is 816 g/mol. The molecular formula is C46H90NO8P. The van der Waals surface area contributed by atoms with Gasteiger partial charge in [0.2, 0.25) is 5.91 Å². The SMILES string of the molecule is CCCCCCCC/C=C/CCCCCCCCCCCC(=O)NCCOP(=O)(O)OCC(O)COC(=O)CCCCCCCCCCCCCCCCCC. The zero-order valence-corrected chi connectivity index (χ0v) is 37.5. The Bertz CT molecular complexity index is 933. The monoisotopic (exact) mass is 816 g/mol. The van der Waals surface area contributed by atoms with Crippen molar-refractivity contribution >= 4 is 19.7 Å². The fourth-order valence-electron chi connectivity index (χ4n) is 6.85. The third-order valence-electron chi connectivity index (χ3n) is 10.4. The van der Waals surface area contributed by atoms with Crippen molar-refractivity contribution < 1.29 is 37.9 Å². The number of ether oxygens (including phenoxy) is 1. The molecule has 3 N–H and O–H groups in total. The van der Waals surface area contributed by atoms with E-state index in [2.05, 4.69) is 31.3 Å². The summed E-state index contributed by atoms with van der Waals surface area (Å²) in [5.74, 6) is -0.507. The average Bonchev–Trinajstić information content (AvgIpc) is 3.18. The molecule has 0 bridgehead atoms. The van der Waals surface area contributed by atoms with Gasteiger partial charge in [-0.1, -0.05) is 199 Å². The number of unbranched alkanes of at least 4 members (excludes halogenated alkanes) is 30. The molecule has 0 aliphatic rings. The predicted octanol–water partition coefficient (Wildman–Crippen LogP) is 13.4. The van der Waals surface area contributed by atoms with E-state index >= 15 is 0 Å². The Labute approximate surface area is 345 Å². The maximum atomic E-state index is 12.1. The van der Waals surface area contributed by atoms with Gasteiger partial charge in [0, 0.05) is 19.4 Å². The molecule has 0 spiro atoms. The Balaban J connectivity index is 3.54. The first-order valence-corrected chi connectivity index (χ1v) is 25.2. The minimum Gasteiger partial charge on any atom is -0.463 e. The molecule has 332 valence electrons. The van der Waals surface area contributed by atoms with E-state index in [0.29, 0.717) is 6.42 Å². The lowest BCUT2D eigenvalue weighted by Gasteiger charge is -2.15. The van der Waals surface area contributed by atoms with E-state index in [4.69, 9.17) is 13.8 Å². The van der Waals surface area contributed by atoms with Gasteiger partial charge >= 0.3 is 13.8 Å². The van der Waals surface area contributed by atoms with Crippen LogP contribution in [0.15, 0.2) is 12.2 Å². The van der Waals surface area contributed by atoms with Crippen molar-refractivity contribution in [2.24, 2.45) is 0 Å². The topological polar surface area (TPSA) is 131 Å². The van der Waals surface area contributed by atoms with Crippen LogP contribution >= 0.6 is 7.82 Å². The van der Waals surface area contributed by atoms with Gasteiger partial charge in [0.25, 0.3) is 0 Å². The van der Waals surface area contributed by atoms with Gasteiger partial charge in [0.1, 0.15) is 12.7 Å². The Kier molecular flexibility index (Phi) is 42.4. The maximum Gasteiger partial charge on any atom is 0.472 e. The smallest absolute Gasteiger partial charge is 0.463 e. The summed E-state index contributed by atoms with van der Waals surface area (Å²) in [6, 6.07) is 0. The third kappa shape index (κ3) is 43.9. The molecule has 2 atom stereocenters. The minimum absolute atomic E-state index is 0.0845. The van der Waals surface area contributed by atoms with Gasteiger partial charge < -0.3 is 20.1 Å². The minimum atomic E-state index is -4.41. The van der Waals surface area contributed by atoms with E-state index < -0.39 is 26.5 Å². The van der Waals surface area contributed by atoms with Gasteiger partial charge in [-0.05, 0) is 38.5 Å². The highest BCUT2D eigenvalue weighted by molar-refractivity contribution is 7.47. The number of aliphatic hydroxyl groups excluding tert-OH is 1. The van der Waals surface area contributed by atoms with E-state index in [-0.39, 0.29) is 32.1 Å². The normalized spacial score (nSPS) is 13.3. The first-order chi connectivity index (χ1) is 27.3. The van der Waals surface area contributed by atoms with Crippen LogP contribution in [0.25, 0.3) is 0 Å². The van der Waals surface area contributed by atoms with Crippen molar-refractivity contribution in [2.45, 2.75) is 245 Å². The van der Waals surface area contributed by atoms with Crippen LogP contribution in [0.2, 0.25) is 0 Å². The second-order valence-corrected chi connectivity index (χ2v) is 17.5. The highest BCUT2D eigenvalue weighted by Gasteiger charge is 2.23. The van der Waals surface area contributed by atoms with Crippen LogP contribution in [0.4, 0.5) is 0 Å². The van der Waals surface area contributed by atoms with Crippen molar-refractivity contribution in [3.05, 3.63) is 12.2 Å². The number of amides is 1. The molecule has 0 fully saturated rings. The number of allylic oxidation sites excluding steroid dienone is 2. The second kappa shape index (κ2) is 43.3. The van der Waals surface area contributed by atoms with Crippen molar-refractivity contribution in [3.8, 4) is 0 Å². The number of hydrogen-bond acceptors (Lipinski definition) is 7. The predicted molar refractivity (Wildman–Crippen MR) is 234 cm³/mol. The highest BCUT2D eigenvalue weighted by atomic mass is 31.2. The molecule has 0 aromatic carbocycles. The molecule has 10 heteroatoms. The summed E-state index contributed by atoms with van der Waals surface area (Å²) in [5, 5.41) is 12.7. The summed E-state index contributed by atoms with van der Waals surface area (Å²) in [6.07, 6.45) is 45.7. The van der Waals surface area contributed by atoms with Crippen molar-refractivity contribution in [2.75, 3.05) is 26.4 Å². The number of carbonyl (C=O) groups is 2. The molecule has 0 rings (SSSR count). The highest BCUT2D eigenvalue weighted by Crippen LogP contribution is 2.42. The van der Waals surface area contributed by atoms with Gasteiger partial charge in [-0.2, -0.15) is 0 Å². The number of hydrogen-bond donors (Lipinski definition) is 3. The number of phosphoric ester groups is 1. The van der Waals surface area contributed by atoms with Crippen molar-refractivity contribution in [1.82, 2.24) is 5.32 Å². The fourth-order valence-corrected chi connectivity index (χ4v) is 7.60. The van der Waals surface area contributed by atoms with Crippen LogP contribution in [-0.4, -0.2) is 54.3 Å². The molecule has 0 saturated heterocycles. The summed E-state index contributed by atoms with van der Waals surface area (Å²) >= 11 is 0. The van der Waals surface area contributed by atoms with Gasteiger partial charge in [-0.25, -0.2) is 4.57 Å². The second-order valence-electron chi connectivity index (χ2n) is 16.1. The van der Waals surface area contributed by atoms with Crippen molar-refractivity contribution in [3.63, 3.8) is 0 Å². The molecule has 0 aromatic heterocycles. The van der Waals surface area contributed by atoms with E-state index in [0.717, 1.165) is 38.5 Å². The number of carbonyl (C=O) groups excluding carboxylic acids is 2. The molecule has 0 saturated carbocycles. The van der Waals surface area contributed by atoms with Gasteiger partial charge in [-0.15, -0.1) is 0 Å². The number of aliphatic hydroxyl groups is 1. The zero-order valence-electron chi connectivity index (χ0n) is 36.6. The molecule has 56 heavy (non-hydrogen) atoms. The molecule has 0 aliphatic carbocycles. The van der Waals surface area contributed by atoms with E-state index in [9.17, 15) is 24.2 Å². The summed E-state index contributed by atoms with van der Waals surface area (Å²) < 4.78 is 26.9. The summed E-state index contributed by atoms with van der Waals surface area (Å²) in [4.78, 5) is 34.0. The van der Waals surface area contributed by atoms with Crippen LogP contribution < -0.4 is 5.32 Å². The number of phosphoric acid groups is 1. The summed E-state index contributed by atoms with van der Waals surface area (Å²) in [6.45, 7) is 3.59. The number of rotatable bonds is 45. The quantitative estimate of drug-likeness (QED) is 0.0240. The zero-order chi connectivity index (χ0) is 41.1. The number of esters is 1. The van der Waals surface area contributed by atoms with Crippen LogP contribution in [0.5, 0.6) is 0 Å². The molecular weight excluding hydrogens is 725 g/mol. The van der Waals surface area contributed by atoms with E-state index in [1.54, 1.807) is 0 Å². The Morgan fingerprint density at radius 2 is 0.911 bits per heavy atom. The van der Waals surface area contributed by atoms with Gasteiger partial charge in [0.05, 0.1) is 13.2 Å². The number of nitrogens with one attached hydrogen (secondary N) is 1. The Hall–Kier alpha value is -1.25. The van der Waals surface area contributed by atoms with Gasteiger partial charge in [-0.3, -0.25) is 18.6 Å². The van der Waals surface area contributed by atoms with E-state index in [1.165, 1.54) is 173 Å². The van der Waals surface area contributed by atoms with E-state index in [1.807, 2.05) is 0 Å². The Morgan fingerprint density at radius 1 is 0.536 bits per heavy atom. The Morgan fingerprint density at radius 3 is 1.34 bits per heavy atom. The third-order valence-corrected chi connectivity index (χ3v) is 11.4. The van der Waals surface area contributed by atoms with Gasteiger partial charge in [0.15, 0.2) is 0 Å². The lowest BCUT2D eigenvalue weighted by atomic mass is 10.0. The largest absolute Gasteiger partial charge is 0.472 e. The summed E-state index contributed by atoms with van der Waals surface area (Å²) in [5.41, 5.74) is 0. The first-order valence-electron chi connectivity index (χ1n) is 23.7. The molecule has 1 amide bonds. The lowest BCUT2D eigenvalue weighted by Crippen LogP contribution is -2.27. The fraction of sp³-hybridized carbons (Fsp3) is 0.913. The van der Waals surface area contributed by atoms with Crippen LogP contribution in [0, 0.1) is 0 Å².